The summed E-state index contributed by atoms with van der Waals surface area (Å²) in [7, 11) is 0. The van der Waals surface area contributed by atoms with Crippen LogP contribution in [0.5, 0.6) is 0 Å². The number of anilines is 3. The first kappa shape index (κ1) is 25.5. The molecule has 0 spiro atoms. The molecule has 0 bridgehead atoms. The van der Waals surface area contributed by atoms with Crippen LogP contribution in [-0.4, -0.2) is 39.7 Å². The molecule has 1 aromatic heterocycles. The maximum atomic E-state index is 14.2. The lowest BCUT2D eigenvalue weighted by Crippen LogP contribution is -2.37. The molecule has 0 unspecified atom stereocenters. The third-order valence-corrected chi connectivity index (χ3v) is 6.49. The monoisotopic (exact) mass is 497 g/mol. The van der Waals surface area contributed by atoms with Gasteiger partial charge in [0.15, 0.2) is 5.82 Å². The number of hydrogen-bond donors (Lipinski definition) is 3. The van der Waals surface area contributed by atoms with Gasteiger partial charge in [-0.15, -0.1) is 5.10 Å². The molecular formula is C26H33F2N7O. The molecule has 8 nitrogen and oxygen atoms in total. The van der Waals surface area contributed by atoms with Crippen molar-refractivity contribution in [2.24, 2.45) is 11.8 Å². The smallest absolute Gasteiger partial charge is 0.323 e. The number of aromatic amines is 1. The number of rotatable bonds is 9. The van der Waals surface area contributed by atoms with Gasteiger partial charge < -0.3 is 15.5 Å². The standard InChI is InChI=1S/C26H33F2N7O/c1-16(2)14-35(15-17(3)4)23-9-6-18(26(10-5-11-26)24-31-33-34-32-24)12-22(23)30-25(36)29-21-8-7-19(27)13-20(21)28/h6-9,12-13,16-17H,5,10-11,14-15H2,1-4H3,(H2,29,30,36)(H,31,32,33,34). The third kappa shape index (κ3) is 5.47. The summed E-state index contributed by atoms with van der Waals surface area (Å²) in [6, 6.07) is 8.49. The Kier molecular flexibility index (Phi) is 7.51. The zero-order valence-corrected chi connectivity index (χ0v) is 21.1. The zero-order chi connectivity index (χ0) is 25.9. The van der Waals surface area contributed by atoms with Crippen LogP contribution >= 0.6 is 0 Å². The molecule has 0 atom stereocenters. The number of carbonyl (C=O) groups excluding carboxylic acids is 1. The lowest BCUT2D eigenvalue weighted by Gasteiger charge is -2.40. The van der Waals surface area contributed by atoms with Gasteiger partial charge in [0.25, 0.3) is 0 Å². The van der Waals surface area contributed by atoms with Crippen molar-refractivity contribution < 1.29 is 13.6 Å². The van der Waals surface area contributed by atoms with Crippen molar-refractivity contribution in [3.8, 4) is 0 Å². The molecular weight excluding hydrogens is 464 g/mol. The van der Waals surface area contributed by atoms with E-state index in [1.807, 2.05) is 12.1 Å². The number of hydrogen-bond acceptors (Lipinski definition) is 5. The normalized spacial score (nSPS) is 14.6. The molecule has 1 heterocycles. The summed E-state index contributed by atoms with van der Waals surface area (Å²) in [5, 5.41) is 20.1. The van der Waals surface area contributed by atoms with Crippen molar-refractivity contribution in [2.45, 2.75) is 52.4 Å². The molecule has 1 aliphatic carbocycles. The Bertz CT molecular complexity index is 1180. The van der Waals surface area contributed by atoms with E-state index in [1.165, 1.54) is 6.07 Å². The maximum absolute atomic E-state index is 14.2. The van der Waals surface area contributed by atoms with Crippen molar-refractivity contribution in [1.29, 1.82) is 0 Å². The summed E-state index contributed by atoms with van der Waals surface area (Å²) in [4.78, 5) is 15.2. The van der Waals surface area contributed by atoms with Gasteiger partial charge in [0.1, 0.15) is 11.6 Å². The van der Waals surface area contributed by atoms with Crippen molar-refractivity contribution in [1.82, 2.24) is 20.6 Å². The van der Waals surface area contributed by atoms with E-state index in [2.05, 4.69) is 69.9 Å². The number of amides is 2. The number of halogens is 2. The second-order valence-corrected chi connectivity index (χ2v) is 10.3. The van der Waals surface area contributed by atoms with Crippen molar-refractivity contribution in [3.05, 3.63) is 59.4 Å². The fourth-order valence-electron chi connectivity index (χ4n) is 4.78. The Morgan fingerprint density at radius 3 is 2.28 bits per heavy atom. The summed E-state index contributed by atoms with van der Waals surface area (Å²) >= 11 is 0. The average Bonchev–Trinajstić information content (AvgIpc) is 3.29. The highest BCUT2D eigenvalue weighted by Crippen LogP contribution is 2.48. The third-order valence-electron chi connectivity index (χ3n) is 6.49. The van der Waals surface area contributed by atoms with E-state index in [1.54, 1.807) is 0 Å². The topological polar surface area (TPSA) is 98.8 Å². The van der Waals surface area contributed by atoms with E-state index in [4.69, 9.17) is 0 Å². The minimum absolute atomic E-state index is 0.101. The fourth-order valence-corrected chi connectivity index (χ4v) is 4.78. The van der Waals surface area contributed by atoms with Crippen LogP contribution in [0.2, 0.25) is 0 Å². The second-order valence-electron chi connectivity index (χ2n) is 10.3. The van der Waals surface area contributed by atoms with Gasteiger partial charge in [0, 0.05) is 19.2 Å². The van der Waals surface area contributed by atoms with Gasteiger partial charge in [-0.1, -0.05) is 40.2 Å². The van der Waals surface area contributed by atoms with Crippen molar-refractivity contribution in [2.75, 3.05) is 28.6 Å². The Hall–Kier alpha value is -3.56. The highest BCUT2D eigenvalue weighted by molar-refractivity contribution is 6.02. The first-order chi connectivity index (χ1) is 17.2. The Morgan fingerprint density at radius 1 is 1.03 bits per heavy atom. The molecule has 192 valence electrons. The molecule has 3 aromatic rings. The summed E-state index contributed by atoms with van der Waals surface area (Å²) < 4.78 is 27.5. The van der Waals surface area contributed by atoms with Gasteiger partial charge in [-0.25, -0.2) is 18.7 Å². The zero-order valence-electron chi connectivity index (χ0n) is 21.1. The van der Waals surface area contributed by atoms with Crippen LogP contribution in [0.3, 0.4) is 0 Å². The van der Waals surface area contributed by atoms with E-state index >= 15 is 0 Å². The van der Waals surface area contributed by atoms with Gasteiger partial charge in [0.05, 0.1) is 22.5 Å². The van der Waals surface area contributed by atoms with E-state index in [9.17, 15) is 13.6 Å². The SMILES string of the molecule is CC(C)CN(CC(C)C)c1ccc(C2(c3nnn[nH]3)CCC2)cc1NC(=O)Nc1ccc(F)cc1F. The first-order valence-electron chi connectivity index (χ1n) is 12.3. The van der Waals surface area contributed by atoms with Crippen LogP contribution in [0.1, 0.15) is 58.3 Å². The molecule has 1 fully saturated rings. The molecule has 10 heteroatoms. The summed E-state index contributed by atoms with van der Waals surface area (Å²) in [5.41, 5.74) is 2.02. The fraction of sp³-hybridized carbons (Fsp3) is 0.462. The quantitative estimate of drug-likeness (QED) is 0.352. The highest BCUT2D eigenvalue weighted by atomic mass is 19.1. The van der Waals surface area contributed by atoms with Gasteiger partial charge in [-0.2, -0.15) is 0 Å². The molecule has 1 aliphatic rings. The number of urea groups is 1. The molecule has 36 heavy (non-hydrogen) atoms. The molecule has 2 amide bonds. The minimum Gasteiger partial charge on any atom is -0.369 e. The number of aromatic nitrogens is 4. The van der Waals surface area contributed by atoms with Crippen LogP contribution in [0.25, 0.3) is 0 Å². The van der Waals surface area contributed by atoms with Gasteiger partial charge >= 0.3 is 6.03 Å². The summed E-state index contributed by atoms with van der Waals surface area (Å²) in [5.74, 6) is -0.0504. The lowest BCUT2D eigenvalue weighted by atomic mass is 9.64. The predicted octanol–water partition coefficient (Wildman–Crippen LogP) is 5.71. The molecule has 0 radical (unpaired) electrons. The molecule has 3 N–H and O–H groups in total. The lowest BCUT2D eigenvalue weighted by molar-refractivity contribution is 0.262. The Labute approximate surface area is 209 Å². The predicted molar refractivity (Wildman–Crippen MR) is 136 cm³/mol. The van der Waals surface area contributed by atoms with Crippen LogP contribution in [-0.2, 0) is 5.41 Å². The summed E-state index contributed by atoms with van der Waals surface area (Å²) in [6.45, 7) is 10.2. The van der Waals surface area contributed by atoms with E-state index in [0.717, 1.165) is 55.7 Å². The van der Waals surface area contributed by atoms with Crippen LogP contribution < -0.4 is 15.5 Å². The number of H-pyrrole nitrogens is 1. The Morgan fingerprint density at radius 2 is 1.72 bits per heavy atom. The molecule has 2 aromatic carbocycles. The van der Waals surface area contributed by atoms with Gasteiger partial charge in [-0.3, -0.25) is 0 Å². The van der Waals surface area contributed by atoms with Crippen molar-refractivity contribution in [3.63, 3.8) is 0 Å². The molecule has 0 aliphatic heterocycles. The highest BCUT2D eigenvalue weighted by Gasteiger charge is 2.44. The molecule has 0 saturated heterocycles. The van der Waals surface area contributed by atoms with E-state index in [-0.39, 0.29) is 11.1 Å². The first-order valence-corrected chi connectivity index (χ1v) is 12.3. The van der Waals surface area contributed by atoms with Crippen LogP contribution in [0, 0.1) is 23.5 Å². The number of nitrogens with zero attached hydrogens (tertiary/aromatic N) is 4. The van der Waals surface area contributed by atoms with Gasteiger partial charge in [0.2, 0.25) is 0 Å². The Balaban J connectivity index is 1.71. The molecule has 1 saturated carbocycles. The van der Waals surface area contributed by atoms with Gasteiger partial charge in [-0.05, 0) is 64.9 Å². The second kappa shape index (κ2) is 10.6. The van der Waals surface area contributed by atoms with E-state index < -0.39 is 17.7 Å². The minimum atomic E-state index is -0.841. The summed E-state index contributed by atoms with van der Waals surface area (Å²) in [6.07, 6.45) is 2.82. The number of nitrogens with one attached hydrogen (secondary N) is 3. The van der Waals surface area contributed by atoms with Crippen LogP contribution in [0.15, 0.2) is 36.4 Å². The number of carbonyl (C=O) groups is 1. The maximum Gasteiger partial charge on any atom is 0.323 e. The largest absolute Gasteiger partial charge is 0.369 e. The number of benzene rings is 2. The number of tetrazole rings is 1. The van der Waals surface area contributed by atoms with E-state index in [0.29, 0.717) is 23.3 Å². The average molecular weight is 498 g/mol. The van der Waals surface area contributed by atoms with Crippen LogP contribution in [0.4, 0.5) is 30.6 Å². The van der Waals surface area contributed by atoms with Crippen molar-refractivity contribution >= 4 is 23.1 Å². The molecule has 4 rings (SSSR count).